The van der Waals surface area contributed by atoms with Crippen molar-refractivity contribution in [3.8, 4) is 11.5 Å². The van der Waals surface area contributed by atoms with Crippen LogP contribution in [-0.4, -0.2) is 37.1 Å². The summed E-state index contributed by atoms with van der Waals surface area (Å²) in [7, 11) is 1.58. The number of halogens is 1. The lowest BCUT2D eigenvalue weighted by Gasteiger charge is -2.09. The number of hydrogen-bond donors (Lipinski definition) is 2. The number of amides is 2. The van der Waals surface area contributed by atoms with E-state index in [0.717, 1.165) is 5.75 Å². The van der Waals surface area contributed by atoms with Crippen LogP contribution in [0.25, 0.3) is 0 Å². The molecule has 0 spiro atoms. The van der Waals surface area contributed by atoms with Crippen molar-refractivity contribution >= 4 is 29.1 Å². The number of benzene rings is 1. The van der Waals surface area contributed by atoms with Gasteiger partial charge in [0, 0.05) is 6.20 Å². The molecular weight excluding hydrogens is 334 g/mol. The van der Waals surface area contributed by atoms with Crippen molar-refractivity contribution in [3.05, 3.63) is 47.7 Å². The van der Waals surface area contributed by atoms with Crippen molar-refractivity contribution in [2.45, 2.75) is 0 Å². The maximum Gasteiger partial charge on any atom is 0.313 e. The van der Waals surface area contributed by atoms with E-state index in [1.54, 1.807) is 43.5 Å². The van der Waals surface area contributed by atoms with E-state index in [1.165, 1.54) is 6.20 Å². The Morgan fingerprint density at radius 2 is 1.83 bits per heavy atom. The fourth-order valence-electron chi connectivity index (χ4n) is 1.74. The lowest BCUT2D eigenvalue weighted by Crippen LogP contribution is -2.37. The molecule has 0 saturated carbocycles. The number of nitrogens with zero attached hydrogens (tertiary/aromatic N) is 1. The topological polar surface area (TPSA) is 89.5 Å². The van der Waals surface area contributed by atoms with Gasteiger partial charge in [0.25, 0.3) is 0 Å². The first kappa shape index (κ1) is 17.6. The Balaban J connectivity index is 1.72. The zero-order chi connectivity index (χ0) is 17.4. The average Bonchev–Trinajstić information content (AvgIpc) is 2.61. The summed E-state index contributed by atoms with van der Waals surface area (Å²) >= 11 is 5.80. The molecule has 2 amide bonds. The third kappa shape index (κ3) is 5.13. The molecule has 1 aromatic carbocycles. The number of carbonyl (C=O) groups excluding carboxylic acids is 2. The minimum Gasteiger partial charge on any atom is -0.497 e. The van der Waals surface area contributed by atoms with E-state index >= 15 is 0 Å². The van der Waals surface area contributed by atoms with Crippen LogP contribution in [0.1, 0.15) is 0 Å². The van der Waals surface area contributed by atoms with Crippen molar-refractivity contribution in [3.63, 3.8) is 0 Å². The molecule has 0 aliphatic heterocycles. The normalized spacial score (nSPS) is 9.92. The number of aromatic nitrogens is 1. The molecule has 1 heterocycles. The third-order valence-corrected chi connectivity index (χ3v) is 3.23. The van der Waals surface area contributed by atoms with Crippen molar-refractivity contribution in [2.24, 2.45) is 0 Å². The molecule has 0 fully saturated rings. The monoisotopic (exact) mass is 349 g/mol. The molecule has 7 nitrogen and oxygen atoms in total. The lowest BCUT2D eigenvalue weighted by molar-refractivity contribution is -0.136. The van der Waals surface area contributed by atoms with E-state index in [9.17, 15) is 9.59 Å². The van der Waals surface area contributed by atoms with Crippen molar-refractivity contribution < 1.29 is 19.1 Å². The van der Waals surface area contributed by atoms with Gasteiger partial charge in [-0.2, -0.15) is 0 Å². The summed E-state index contributed by atoms with van der Waals surface area (Å²) in [6.45, 7) is 0.401. The highest BCUT2D eigenvalue weighted by molar-refractivity contribution is 6.41. The molecule has 24 heavy (non-hydrogen) atoms. The summed E-state index contributed by atoms with van der Waals surface area (Å²) < 4.78 is 10.5. The molecule has 126 valence electrons. The molecule has 2 aromatic rings. The molecular formula is C16H16ClN3O4. The van der Waals surface area contributed by atoms with Gasteiger partial charge in [0.05, 0.1) is 19.3 Å². The van der Waals surface area contributed by atoms with Crippen molar-refractivity contribution in [1.29, 1.82) is 0 Å². The largest absolute Gasteiger partial charge is 0.497 e. The Morgan fingerprint density at radius 1 is 1.12 bits per heavy atom. The summed E-state index contributed by atoms with van der Waals surface area (Å²) in [4.78, 5) is 27.2. The maximum absolute atomic E-state index is 11.7. The predicted molar refractivity (Wildman–Crippen MR) is 89.4 cm³/mol. The quantitative estimate of drug-likeness (QED) is 0.472. The Morgan fingerprint density at radius 3 is 2.50 bits per heavy atom. The van der Waals surface area contributed by atoms with Crippen LogP contribution in [0.3, 0.4) is 0 Å². The number of carbonyl (C=O) groups is 2. The minimum absolute atomic E-state index is 0.112. The van der Waals surface area contributed by atoms with Gasteiger partial charge in [-0.15, -0.1) is 0 Å². The van der Waals surface area contributed by atoms with Gasteiger partial charge in [0.2, 0.25) is 0 Å². The van der Waals surface area contributed by atoms with Crippen LogP contribution in [0.15, 0.2) is 42.6 Å². The van der Waals surface area contributed by atoms with Gasteiger partial charge in [0.15, 0.2) is 5.15 Å². The van der Waals surface area contributed by atoms with E-state index in [4.69, 9.17) is 21.1 Å². The Bertz CT molecular complexity index is 707. The van der Waals surface area contributed by atoms with E-state index in [1.807, 2.05) is 0 Å². The number of nitrogens with one attached hydrogen (secondary N) is 2. The van der Waals surface area contributed by atoms with E-state index in [-0.39, 0.29) is 24.0 Å². The van der Waals surface area contributed by atoms with Crippen LogP contribution in [0.2, 0.25) is 5.15 Å². The fraction of sp³-hybridized carbons (Fsp3) is 0.188. The zero-order valence-electron chi connectivity index (χ0n) is 12.9. The summed E-state index contributed by atoms with van der Waals surface area (Å²) in [5.41, 5.74) is 0.272. The highest BCUT2D eigenvalue weighted by atomic mass is 35.5. The summed E-state index contributed by atoms with van der Waals surface area (Å²) in [5, 5.41) is 4.94. The standard InChI is InChI=1S/C16H16ClN3O4/c1-23-11-4-6-12(7-5-11)24-10-9-19-15(21)16(22)20-13-3-2-8-18-14(13)17/h2-8H,9-10H2,1H3,(H,19,21)(H,20,22). The number of ether oxygens (including phenoxy) is 2. The molecule has 1 aromatic heterocycles. The Labute approximate surface area is 143 Å². The van der Waals surface area contributed by atoms with Crippen LogP contribution in [0, 0.1) is 0 Å². The average molecular weight is 350 g/mol. The number of anilines is 1. The second kappa shape index (κ2) is 8.73. The van der Waals surface area contributed by atoms with Gasteiger partial charge < -0.3 is 20.1 Å². The lowest BCUT2D eigenvalue weighted by atomic mass is 10.3. The van der Waals surface area contributed by atoms with Crippen LogP contribution < -0.4 is 20.1 Å². The summed E-state index contributed by atoms with van der Waals surface area (Å²) in [6, 6.07) is 10.2. The van der Waals surface area contributed by atoms with Crippen LogP contribution in [0.4, 0.5) is 5.69 Å². The number of hydrogen-bond acceptors (Lipinski definition) is 5. The van der Waals surface area contributed by atoms with E-state index < -0.39 is 11.8 Å². The number of pyridine rings is 1. The second-order valence-electron chi connectivity index (χ2n) is 4.58. The minimum atomic E-state index is -0.825. The van der Waals surface area contributed by atoms with Gasteiger partial charge in [0.1, 0.15) is 18.1 Å². The summed E-state index contributed by atoms with van der Waals surface area (Å²) in [6.07, 6.45) is 1.48. The van der Waals surface area contributed by atoms with Gasteiger partial charge in [-0.3, -0.25) is 9.59 Å². The van der Waals surface area contributed by atoms with Gasteiger partial charge >= 0.3 is 11.8 Å². The molecule has 0 radical (unpaired) electrons. The molecule has 2 rings (SSSR count). The van der Waals surface area contributed by atoms with E-state index in [0.29, 0.717) is 5.75 Å². The molecule has 8 heteroatoms. The molecule has 0 atom stereocenters. The number of rotatable bonds is 6. The SMILES string of the molecule is COc1ccc(OCCNC(=O)C(=O)Nc2cccnc2Cl)cc1. The van der Waals surface area contributed by atoms with Crippen LogP contribution in [-0.2, 0) is 9.59 Å². The van der Waals surface area contributed by atoms with Crippen molar-refractivity contribution in [2.75, 3.05) is 25.6 Å². The highest BCUT2D eigenvalue weighted by Gasteiger charge is 2.14. The smallest absolute Gasteiger partial charge is 0.313 e. The number of methoxy groups -OCH3 is 1. The highest BCUT2D eigenvalue weighted by Crippen LogP contribution is 2.17. The molecule has 0 unspecified atom stereocenters. The van der Waals surface area contributed by atoms with Crippen molar-refractivity contribution in [1.82, 2.24) is 10.3 Å². The van der Waals surface area contributed by atoms with Gasteiger partial charge in [-0.1, -0.05) is 11.6 Å². The first-order valence-electron chi connectivity index (χ1n) is 7.06. The third-order valence-electron chi connectivity index (χ3n) is 2.93. The van der Waals surface area contributed by atoms with Gasteiger partial charge in [-0.25, -0.2) is 4.98 Å². The van der Waals surface area contributed by atoms with Crippen LogP contribution in [0.5, 0.6) is 11.5 Å². The molecule has 0 aliphatic rings. The van der Waals surface area contributed by atoms with E-state index in [2.05, 4.69) is 15.6 Å². The molecule has 2 N–H and O–H groups in total. The molecule has 0 saturated heterocycles. The first-order chi connectivity index (χ1) is 11.6. The summed E-state index contributed by atoms with van der Waals surface area (Å²) in [5.74, 6) is -0.249. The Hall–Kier alpha value is -2.80. The second-order valence-corrected chi connectivity index (χ2v) is 4.93. The molecule has 0 aliphatic carbocycles. The zero-order valence-corrected chi connectivity index (χ0v) is 13.7. The predicted octanol–water partition coefficient (Wildman–Crippen LogP) is 1.88. The first-order valence-corrected chi connectivity index (χ1v) is 7.44. The maximum atomic E-state index is 11.7. The van der Waals surface area contributed by atoms with Crippen LogP contribution >= 0.6 is 11.6 Å². The fourth-order valence-corrected chi connectivity index (χ4v) is 1.91. The molecule has 0 bridgehead atoms. The Kier molecular flexibility index (Phi) is 6.39. The van der Waals surface area contributed by atoms with Gasteiger partial charge in [-0.05, 0) is 36.4 Å².